The average Bonchev–Trinajstić information content (AvgIpc) is 2.97. The molecule has 2 rings (SSSR count). The van der Waals surface area contributed by atoms with Gasteiger partial charge in [0, 0.05) is 11.0 Å². The molecule has 0 aliphatic carbocycles. The summed E-state index contributed by atoms with van der Waals surface area (Å²) in [6.07, 6.45) is 0.700. The van der Waals surface area contributed by atoms with Gasteiger partial charge in [0.1, 0.15) is 5.75 Å². The molecule has 1 aromatic heterocycles. The second-order valence-corrected chi connectivity index (χ2v) is 5.18. The lowest BCUT2D eigenvalue weighted by Gasteiger charge is -2.00. The van der Waals surface area contributed by atoms with Crippen LogP contribution in [0.3, 0.4) is 0 Å². The number of aliphatic hydroxyl groups is 1. The highest BCUT2D eigenvalue weighted by atomic mass is 32.1. The summed E-state index contributed by atoms with van der Waals surface area (Å²) in [5.74, 6) is -2.31. The Morgan fingerprint density at radius 2 is 1.76 bits per heavy atom. The predicted octanol–water partition coefficient (Wildman–Crippen LogP) is 3.13. The summed E-state index contributed by atoms with van der Waals surface area (Å²) in [7, 11) is 1.58. The highest BCUT2D eigenvalue weighted by molar-refractivity contribution is 7.17. The lowest BCUT2D eigenvalue weighted by molar-refractivity contribution is -0.135. The Morgan fingerprint density at radius 1 is 1.10 bits per heavy atom. The van der Waals surface area contributed by atoms with Gasteiger partial charge in [-0.3, -0.25) is 4.79 Å². The highest BCUT2D eigenvalue weighted by Gasteiger charge is 2.12. The second-order valence-electron chi connectivity index (χ2n) is 4.09. The lowest BCUT2D eigenvalue weighted by Crippen LogP contribution is -2.02. The quantitative estimate of drug-likeness (QED) is 0.503. The first-order chi connectivity index (χ1) is 10.0. The number of carbonyl (C=O) groups excluding carboxylic acids is 1. The molecule has 2 N–H and O–H groups in total. The van der Waals surface area contributed by atoms with Gasteiger partial charge in [0.15, 0.2) is 5.78 Å². The van der Waals surface area contributed by atoms with Crippen molar-refractivity contribution in [3.8, 4) is 16.2 Å². The highest BCUT2D eigenvalue weighted by Crippen LogP contribution is 2.29. The maximum Gasteiger partial charge on any atom is 0.371 e. The SMILES string of the molecule is COc1ccc(-c2ccc(C(=O)C=C(O)C(=O)O)s2)cc1. The number of hydrogen-bond acceptors (Lipinski definition) is 5. The minimum Gasteiger partial charge on any atom is -0.502 e. The van der Waals surface area contributed by atoms with Gasteiger partial charge in [-0.1, -0.05) is 0 Å². The Labute approximate surface area is 124 Å². The number of aliphatic hydroxyl groups excluding tert-OH is 1. The van der Waals surface area contributed by atoms with Gasteiger partial charge < -0.3 is 14.9 Å². The maximum absolute atomic E-state index is 11.8. The third-order valence-electron chi connectivity index (χ3n) is 2.71. The van der Waals surface area contributed by atoms with Gasteiger partial charge in [0.25, 0.3) is 0 Å². The van der Waals surface area contributed by atoms with Crippen LogP contribution in [-0.2, 0) is 4.79 Å². The number of carboxylic acid groups (broad SMARTS) is 1. The van der Waals surface area contributed by atoms with E-state index in [1.165, 1.54) is 11.3 Å². The minimum absolute atomic E-state index is 0.355. The molecule has 1 aromatic carbocycles. The zero-order valence-corrected chi connectivity index (χ0v) is 11.9. The van der Waals surface area contributed by atoms with Gasteiger partial charge in [0.2, 0.25) is 5.76 Å². The molecule has 6 heteroatoms. The monoisotopic (exact) mass is 304 g/mol. The zero-order chi connectivity index (χ0) is 15.4. The van der Waals surface area contributed by atoms with E-state index < -0.39 is 17.5 Å². The van der Waals surface area contributed by atoms with Crippen LogP contribution < -0.4 is 4.74 Å². The van der Waals surface area contributed by atoms with Crippen LogP contribution in [0.25, 0.3) is 10.4 Å². The molecule has 0 bridgehead atoms. The number of hydrogen-bond donors (Lipinski definition) is 2. The van der Waals surface area contributed by atoms with Crippen molar-refractivity contribution in [2.45, 2.75) is 0 Å². The van der Waals surface area contributed by atoms with E-state index in [2.05, 4.69) is 0 Å². The van der Waals surface area contributed by atoms with Gasteiger partial charge in [-0.2, -0.15) is 0 Å². The van der Waals surface area contributed by atoms with Crippen molar-refractivity contribution in [3.63, 3.8) is 0 Å². The molecule has 0 atom stereocenters. The Bertz CT molecular complexity index is 697. The van der Waals surface area contributed by atoms with Crippen LogP contribution in [0.5, 0.6) is 5.75 Å². The molecule has 1 heterocycles. The molecule has 0 amide bonds. The van der Waals surface area contributed by atoms with Gasteiger partial charge in [-0.05, 0) is 42.0 Å². The Hall–Kier alpha value is -2.60. The first kappa shape index (κ1) is 14.8. The fourth-order valence-electron chi connectivity index (χ4n) is 1.64. The van der Waals surface area contributed by atoms with Gasteiger partial charge in [0.05, 0.1) is 12.0 Å². The van der Waals surface area contributed by atoms with Crippen molar-refractivity contribution in [1.82, 2.24) is 0 Å². The fraction of sp³-hybridized carbons (Fsp3) is 0.0667. The standard InChI is InChI=1S/C15H12O5S/c1-20-10-4-2-9(3-5-10)13-6-7-14(21-13)11(16)8-12(17)15(18)19/h2-8,17H,1H3,(H,18,19). The maximum atomic E-state index is 11.8. The first-order valence-electron chi connectivity index (χ1n) is 5.94. The van der Waals surface area contributed by atoms with Crippen molar-refractivity contribution < 1.29 is 24.5 Å². The van der Waals surface area contributed by atoms with Crippen LogP contribution >= 0.6 is 11.3 Å². The Kier molecular flexibility index (Phi) is 4.39. The Balaban J connectivity index is 2.23. The third kappa shape index (κ3) is 3.49. The number of carbonyl (C=O) groups is 2. The summed E-state index contributed by atoms with van der Waals surface area (Å²) >= 11 is 1.22. The molecule has 0 aliphatic heterocycles. The molecule has 0 unspecified atom stereocenters. The van der Waals surface area contributed by atoms with Crippen LogP contribution in [0.4, 0.5) is 0 Å². The zero-order valence-electron chi connectivity index (χ0n) is 11.1. The molecule has 108 valence electrons. The molecule has 0 saturated carbocycles. The molecular formula is C15H12O5S. The van der Waals surface area contributed by atoms with Crippen LogP contribution in [0, 0.1) is 0 Å². The van der Waals surface area contributed by atoms with Crippen LogP contribution in [-0.4, -0.2) is 29.1 Å². The number of aliphatic carboxylic acids is 1. The van der Waals surface area contributed by atoms with E-state index >= 15 is 0 Å². The molecule has 5 nitrogen and oxygen atoms in total. The summed E-state index contributed by atoms with van der Waals surface area (Å²) in [4.78, 5) is 23.5. The number of allylic oxidation sites excluding steroid dienone is 1. The van der Waals surface area contributed by atoms with E-state index in [0.29, 0.717) is 11.0 Å². The van der Waals surface area contributed by atoms with Gasteiger partial charge >= 0.3 is 5.97 Å². The van der Waals surface area contributed by atoms with Crippen molar-refractivity contribution >= 4 is 23.1 Å². The average molecular weight is 304 g/mol. The van der Waals surface area contributed by atoms with E-state index in [4.69, 9.17) is 14.9 Å². The number of ketones is 1. The topological polar surface area (TPSA) is 83.8 Å². The van der Waals surface area contributed by atoms with Gasteiger partial charge in [-0.15, -0.1) is 11.3 Å². The third-order valence-corrected chi connectivity index (χ3v) is 3.86. The molecule has 21 heavy (non-hydrogen) atoms. The summed E-state index contributed by atoms with van der Waals surface area (Å²) in [6, 6.07) is 10.7. The molecule has 0 aliphatic rings. The summed E-state index contributed by atoms with van der Waals surface area (Å²) in [6.45, 7) is 0. The summed E-state index contributed by atoms with van der Waals surface area (Å²) in [5.41, 5.74) is 0.922. The second kappa shape index (κ2) is 6.23. The molecule has 0 radical (unpaired) electrons. The van der Waals surface area contributed by atoms with E-state index in [0.717, 1.165) is 16.2 Å². The Morgan fingerprint density at radius 3 is 2.33 bits per heavy atom. The predicted molar refractivity (Wildman–Crippen MR) is 79.0 cm³/mol. The normalized spacial score (nSPS) is 11.2. The minimum atomic E-state index is -1.53. The summed E-state index contributed by atoms with van der Waals surface area (Å²) in [5, 5.41) is 17.6. The first-order valence-corrected chi connectivity index (χ1v) is 6.75. The van der Waals surface area contributed by atoms with Crippen molar-refractivity contribution in [3.05, 3.63) is 53.1 Å². The fourth-order valence-corrected chi connectivity index (χ4v) is 2.56. The number of rotatable bonds is 5. The van der Waals surface area contributed by atoms with Crippen LogP contribution in [0.1, 0.15) is 9.67 Å². The van der Waals surface area contributed by atoms with Crippen molar-refractivity contribution in [1.29, 1.82) is 0 Å². The largest absolute Gasteiger partial charge is 0.502 e. The number of thiophene rings is 1. The number of methoxy groups -OCH3 is 1. The van der Waals surface area contributed by atoms with Gasteiger partial charge in [-0.25, -0.2) is 4.79 Å². The lowest BCUT2D eigenvalue weighted by atomic mass is 10.2. The summed E-state index contributed by atoms with van der Waals surface area (Å²) < 4.78 is 5.07. The number of carboxylic acids is 1. The smallest absolute Gasteiger partial charge is 0.371 e. The molecule has 0 fully saturated rings. The number of ether oxygens (including phenoxy) is 1. The molecule has 0 saturated heterocycles. The van der Waals surface area contributed by atoms with E-state index in [1.807, 2.05) is 24.3 Å². The van der Waals surface area contributed by atoms with E-state index in [9.17, 15) is 9.59 Å². The molecule has 2 aromatic rings. The van der Waals surface area contributed by atoms with Crippen LogP contribution in [0.15, 0.2) is 48.2 Å². The van der Waals surface area contributed by atoms with E-state index in [1.54, 1.807) is 19.2 Å². The van der Waals surface area contributed by atoms with E-state index in [-0.39, 0.29) is 0 Å². The van der Waals surface area contributed by atoms with Crippen molar-refractivity contribution in [2.24, 2.45) is 0 Å². The molecule has 0 spiro atoms. The van der Waals surface area contributed by atoms with Crippen molar-refractivity contribution in [2.75, 3.05) is 7.11 Å². The molecular weight excluding hydrogens is 292 g/mol. The van der Waals surface area contributed by atoms with Crippen LogP contribution in [0.2, 0.25) is 0 Å². The number of benzene rings is 1.